The molecule has 0 aromatic heterocycles. The molecule has 10 nitrogen and oxygen atoms in total. The van der Waals surface area contributed by atoms with Gasteiger partial charge in [-0.25, -0.2) is 8.42 Å². The van der Waals surface area contributed by atoms with Crippen molar-refractivity contribution in [1.82, 2.24) is 5.32 Å². The highest BCUT2D eigenvalue weighted by atomic mass is 35.5. The average Bonchev–Trinajstić information content (AvgIpc) is 2.75. The Bertz CT molecular complexity index is 1110. The molecule has 0 atom stereocenters. The number of rotatable bonds is 10. The Morgan fingerprint density at radius 1 is 1.14 bits per heavy atom. The van der Waals surface area contributed by atoms with E-state index in [1.807, 2.05) is 6.07 Å². The average molecular weight is 538 g/mol. The molecule has 35 heavy (non-hydrogen) atoms. The Labute approximate surface area is 204 Å². The van der Waals surface area contributed by atoms with Gasteiger partial charge in [-0.05, 0) is 34.5 Å². The van der Waals surface area contributed by atoms with Gasteiger partial charge in [-0.1, -0.05) is 41.9 Å². The summed E-state index contributed by atoms with van der Waals surface area (Å²) in [5, 5.41) is 6.30. The number of amides is 1. The highest BCUT2D eigenvalue weighted by Gasteiger charge is 2.24. The molecule has 0 saturated heterocycles. The van der Waals surface area contributed by atoms with Crippen LogP contribution in [0, 0.1) is 0 Å². The lowest BCUT2D eigenvalue weighted by atomic mass is 10.1. The maximum absolute atomic E-state index is 12.4. The smallest absolute Gasteiger partial charge is 0.391 e. The van der Waals surface area contributed by atoms with Crippen molar-refractivity contribution in [3.8, 4) is 0 Å². The maximum Gasteiger partial charge on any atom is 0.446 e. The molecule has 0 spiro atoms. The van der Waals surface area contributed by atoms with E-state index in [4.69, 9.17) is 32.7 Å². The minimum absolute atomic E-state index is 0.0324. The van der Waals surface area contributed by atoms with E-state index in [0.717, 1.165) is 0 Å². The fourth-order valence-electron chi connectivity index (χ4n) is 2.37. The number of carbonyl (C=O) groups excluding carboxylic acids is 2. The zero-order valence-corrected chi connectivity index (χ0v) is 19.7. The monoisotopic (exact) mass is 537 g/mol. The molecule has 0 aliphatic rings. The molecule has 0 aliphatic carbocycles. The van der Waals surface area contributed by atoms with Gasteiger partial charge in [-0.15, -0.1) is 0 Å². The molecule has 0 bridgehead atoms. The number of halogens is 4. The molecule has 0 fully saturated rings. The summed E-state index contributed by atoms with van der Waals surface area (Å²) in [5.74, 6) is -0.693. The first-order valence-electron chi connectivity index (χ1n) is 9.65. The van der Waals surface area contributed by atoms with Crippen LogP contribution in [0.15, 0.2) is 53.7 Å². The van der Waals surface area contributed by atoms with Crippen LogP contribution in [0.5, 0.6) is 0 Å². The van der Waals surface area contributed by atoms with E-state index in [2.05, 4.69) is 15.2 Å². The first-order chi connectivity index (χ1) is 16.3. The van der Waals surface area contributed by atoms with Crippen molar-refractivity contribution in [3.63, 3.8) is 0 Å². The van der Waals surface area contributed by atoms with Gasteiger partial charge in [0, 0.05) is 10.7 Å². The standard InChI is InChI=1S/C18H22ClN5O4S.C2HF3O/c19-16-7-6-15(24-29(26,27)12-13-4-2-1-3-5-13)10-14(16)11-17(25)22-8-9-28-23-18(20)21;3-2(4,5)1-6/h1-7,10,24H,8-9,11-12H2,(H,22,25)(H4,20,21,23);1H. The molecular weight excluding hydrogens is 515 g/mol. The number of anilines is 1. The van der Waals surface area contributed by atoms with E-state index in [1.54, 1.807) is 24.3 Å². The van der Waals surface area contributed by atoms with Crippen molar-refractivity contribution >= 4 is 45.5 Å². The van der Waals surface area contributed by atoms with E-state index in [0.29, 0.717) is 21.8 Å². The number of carbonyl (C=O) groups is 2. The highest BCUT2D eigenvalue weighted by Crippen LogP contribution is 2.22. The van der Waals surface area contributed by atoms with Crippen LogP contribution in [0.3, 0.4) is 0 Å². The normalized spacial score (nSPS) is 10.9. The number of alkyl halides is 3. The van der Waals surface area contributed by atoms with Gasteiger partial charge in [0.05, 0.1) is 18.7 Å². The second kappa shape index (κ2) is 14.0. The molecule has 2 aromatic rings. The zero-order chi connectivity index (χ0) is 26.5. The number of guanidine groups is 1. The fourth-order valence-corrected chi connectivity index (χ4v) is 3.75. The minimum atomic E-state index is -4.64. The van der Waals surface area contributed by atoms with Crippen molar-refractivity contribution in [1.29, 1.82) is 0 Å². The molecule has 0 saturated carbocycles. The number of nitrogens with two attached hydrogens (primary N) is 2. The van der Waals surface area contributed by atoms with Gasteiger partial charge in [0.15, 0.2) is 0 Å². The van der Waals surface area contributed by atoms with E-state index < -0.39 is 22.5 Å². The quantitative estimate of drug-likeness (QED) is 0.118. The first kappa shape index (κ1) is 29.5. The van der Waals surface area contributed by atoms with Gasteiger partial charge in [-0.3, -0.25) is 14.3 Å². The van der Waals surface area contributed by atoms with Gasteiger partial charge in [-0.2, -0.15) is 13.2 Å². The third kappa shape index (κ3) is 13.7. The van der Waals surface area contributed by atoms with Crippen molar-refractivity contribution in [2.24, 2.45) is 16.6 Å². The van der Waals surface area contributed by atoms with Crippen LogP contribution in [-0.4, -0.2) is 45.9 Å². The van der Waals surface area contributed by atoms with Crippen molar-refractivity contribution in [2.75, 3.05) is 17.9 Å². The van der Waals surface area contributed by atoms with E-state index >= 15 is 0 Å². The van der Waals surface area contributed by atoms with Crippen LogP contribution in [0.4, 0.5) is 18.9 Å². The Kier molecular flexibility index (Phi) is 11.8. The molecular formula is C20H23ClF3N5O5S. The van der Waals surface area contributed by atoms with Crippen molar-refractivity contribution in [2.45, 2.75) is 18.3 Å². The van der Waals surface area contributed by atoms with E-state index in [1.165, 1.54) is 18.2 Å². The SMILES string of the molecule is NC(N)=NOCCNC(=O)Cc1cc(NS(=O)(=O)Cc2ccccc2)ccc1Cl.O=CC(F)(F)F. The van der Waals surface area contributed by atoms with Crippen molar-refractivity contribution in [3.05, 3.63) is 64.7 Å². The molecule has 15 heteroatoms. The maximum atomic E-state index is 12.4. The number of hydrogen-bond acceptors (Lipinski definition) is 6. The molecule has 192 valence electrons. The van der Waals surface area contributed by atoms with Gasteiger partial charge >= 0.3 is 6.18 Å². The van der Waals surface area contributed by atoms with Crippen LogP contribution >= 0.6 is 11.6 Å². The summed E-state index contributed by atoms with van der Waals surface area (Å²) < 4.78 is 58.5. The third-order valence-corrected chi connectivity index (χ3v) is 5.32. The van der Waals surface area contributed by atoms with Crippen LogP contribution in [-0.2, 0) is 36.6 Å². The summed E-state index contributed by atoms with van der Waals surface area (Å²) >= 11 is 6.13. The minimum Gasteiger partial charge on any atom is -0.391 e. The van der Waals surface area contributed by atoms with Crippen LogP contribution in [0.25, 0.3) is 0 Å². The van der Waals surface area contributed by atoms with Gasteiger partial charge in [0.1, 0.15) is 6.61 Å². The number of sulfonamides is 1. The second-order valence-corrected chi connectivity index (χ2v) is 8.82. The van der Waals surface area contributed by atoms with Crippen molar-refractivity contribution < 1.29 is 36.0 Å². The number of benzene rings is 2. The van der Waals surface area contributed by atoms with Gasteiger partial charge < -0.3 is 21.6 Å². The summed E-state index contributed by atoms with van der Waals surface area (Å²) in [4.78, 5) is 25.5. The molecule has 0 heterocycles. The number of nitrogens with zero attached hydrogens (tertiary/aromatic N) is 1. The Balaban J connectivity index is 0.000000905. The lowest BCUT2D eigenvalue weighted by molar-refractivity contribution is -0.156. The van der Waals surface area contributed by atoms with E-state index in [-0.39, 0.29) is 37.2 Å². The Morgan fingerprint density at radius 2 is 1.77 bits per heavy atom. The lowest BCUT2D eigenvalue weighted by Crippen LogP contribution is -2.29. The molecule has 6 N–H and O–H groups in total. The van der Waals surface area contributed by atoms with Crippen LogP contribution < -0.4 is 21.5 Å². The van der Waals surface area contributed by atoms with Crippen LogP contribution in [0.2, 0.25) is 5.02 Å². The highest BCUT2D eigenvalue weighted by molar-refractivity contribution is 7.91. The summed E-state index contributed by atoms with van der Waals surface area (Å²) in [6.07, 6.45) is -5.73. The molecule has 0 aliphatic heterocycles. The third-order valence-electron chi connectivity index (χ3n) is 3.69. The molecule has 0 radical (unpaired) electrons. The summed E-state index contributed by atoms with van der Waals surface area (Å²) in [5.41, 5.74) is 11.7. The topological polar surface area (TPSA) is 166 Å². The number of nitrogens with one attached hydrogen (secondary N) is 2. The summed E-state index contributed by atoms with van der Waals surface area (Å²) in [6, 6.07) is 13.4. The molecule has 2 aromatic carbocycles. The van der Waals surface area contributed by atoms with Crippen LogP contribution in [0.1, 0.15) is 11.1 Å². The zero-order valence-electron chi connectivity index (χ0n) is 18.1. The largest absolute Gasteiger partial charge is 0.446 e. The number of hydrogen-bond donors (Lipinski definition) is 4. The predicted octanol–water partition coefficient (Wildman–Crippen LogP) is 1.89. The second-order valence-electron chi connectivity index (χ2n) is 6.69. The summed E-state index contributed by atoms with van der Waals surface area (Å²) in [6.45, 7) is 0.285. The first-order valence-corrected chi connectivity index (χ1v) is 11.7. The Morgan fingerprint density at radius 3 is 2.34 bits per heavy atom. The molecule has 0 unspecified atom stereocenters. The number of oxime groups is 1. The Hall–Kier alpha value is -3.52. The fraction of sp³-hybridized carbons (Fsp3) is 0.250. The van der Waals surface area contributed by atoms with E-state index in [9.17, 15) is 26.4 Å². The molecule has 1 amide bonds. The van der Waals surface area contributed by atoms with Gasteiger partial charge in [0.2, 0.25) is 28.2 Å². The molecule has 2 rings (SSSR count). The lowest BCUT2D eigenvalue weighted by Gasteiger charge is -2.11. The number of aldehydes is 1. The summed E-state index contributed by atoms with van der Waals surface area (Å²) in [7, 11) is -3.62. The predicted molar refractivity (Wildman–Crippen MR) is 125 cm³/mol. The van der Waals surface area contributed by atoms with Gasteiger partial charge in [0.25, 0.3) is 0 Å².